The maximum Gasteiger partial charge on any atom is 0.101 e. The predicted octanol–water partition coefficient (Wildman–Crippen LogP) is 11.2. The van der Waals surface area contributed by atoms with Gasteiger partial charge in [0.15, 0.2) is 0 Å². The molecule has 1 aliphatic heterocycles. The quantitative estimate of drug-likeness (QED) is 0.106. The average Bonchev–Trinajstić information content (AvgIpc) is 3.25. The van der Waals surface area contributed by atoms with Crippen molar-refractivity contribution in [2.24, 2.45) is 0 Å². The zero-order valence-corrected chi connectivity index (χ0v) is 24.7. The van der Waals surface area contributed by atoms with E-state index in [-0.39, 0.29) is 0 Å². The minimum atomic E-state index is 0.643. The van der Waals surface area contributed by atoms with Crippen molar-refractivity contribution >= 4 is 0 Å². The summed E-state index contributed by atoms with van der Waals surface area (Å²) in [6.07, 6.45) is 41.0. The van der Waals surface area contributed by atoms with Gasteiger partial charge in [0.25, 0.3) is 0 Å². The number of hydrogen-bond acceptors (Lipinski definition) is 2. The average molecular weight is 491 g/mol. The molecule has 2 heteroatoms. The monoisotopic (exact) mass is 491 g/mol. The van der Waals surface area contributed by atoms with Crippen LogP contribution in [-0.2, 0) is 0 Å². The molecule has 0 aliphatic carbocycles. The Morgan fingerprint density at radius 3 is 1.00 bits per heavy atom. The molecule has 2 nitrogen and oxygen atoms in total. The van der Waals surface area contributed by atoms with Crippen molar-refractivity contribution in [3.63, 3.8) is 0 Å². The summed E-state index contributed by atoms with van der Waals surface area (Å²) >= 11 is 0. The fourth-order valence-corrected chi connectivity index (χ4v) is 5.66. The first kappa shape index (κ1) is 32.4. The number of rotatable bonds is 27. The van der Waals surface area contributed by atoms with Crippen LogP contribution in [0.3, 0.4) is 0 Å². The molecule has 0 aromatic carbocycles. The van der Waals surface area contributed by atoms with Crippen LogP contribution in [0, 0.1) is 0 Å². The van der Waals surface area contributed by atoms with E-state index in [4.69, 9.17) is 0 Å². The highest BCUT2D eigenvalue weighted by Crippen LogP contribution is 2.24. The van der Waals surface area contributed by atoms with E-state index in [1.165, 1.54) is 174 Å². The molecule has 0 N–H and O–H groups in total. The van der Waals surface area contributed by atoms with Gasteiger partial charge < -0.3 is 9.80 Å². The van der Waals surface area contributed by atoms with Gasteiger partial charge in [0.1, 0.15) is 6.17 Å². The smallest absolute Gasteiger partial charge is 0.101 e. The van der Waals surface area contributed by atoms with E-state index in [2.05, 4.69) is 43.0 Å². The van der Waals surface area contributed by atoms with E-state index in [1.807, 2.05) is 0 Å². The molecule has 0 radical (unpaired) electrons. The first-order valence-corrected chi connectivity index (χ1v) is 16.5. The summed E-state index contributed by atoms with van der Waals surface area (Å²) in [6.45, 7) is 9.46. The molecule has 1 rings (SSSR count). The summed E-state index contributed by atoms with van der Waals surface area (Å²) in [7, 11) is 0. The lowest BCUT2D eigenvalue weighted by Gasteiger charge is -2.33. The van der Waals surface area contributed by atoms with Crippen LogP contribution in [0.5, 0.6) is 0 Å². The van der Waals surface area contributed by atoms with Crippen LogP contribution in [0.1, 0.15) is 181 Å². The lowest BCUT2D eigenvalue weighted by Crippen LogP contribution is -2.39. The largest absolute Gasteiger partial charge is 0.356 e. The maximum atomic E-state index is 2.69. The molecule has 0 bridgehead atoms. The van der Waals surface area contributed by atoms with Gasteiger partial charge in [-0.15, -0.1) is 0 Å². The topological polar surface area (TPSA) is 6.48 Å². The van der Waals surface area contributed by atoms with Gasteiger partial charge in [0.05, 0.1) is 0 Å². The van der Waals surface area contributed by atoms with Crippen LogP contribution < -0.4 is 0 Å². The zero-order valence-electron chi connectivity index (χ0n) is 24.7. The van der Waals surface area contributed by atoms with Crippen molar-refractivity contribution in [2.45, 2.75) is 187 Å². The summed E-state index contributed by atoms with van der Waals surface area (Å²) in [5.74, 6) is 0. The third-order valence-corrected chi connectivity index (χ3v) is 8.07. The molecule has 0 saturated heterocycles. The normalized spacial score (nSPS) is 15.6. The van der Waals surface area contributed by atoms with E-state index in [0.717, 1.165) is 0 Å². The summed E-state index contributed by atoms with van der Waals surface area (Å²) in [5.41, 5.74) is 0. The van der Waals surface area contributed by atoms with Gasteiger partial charge in [0.2, 0.25) is 0 Å². The molecule has 35 heavy (non-hydrogen) atoms. The molecule has 0 spiro atoms. The van der Waals surface area contributed by atoms with E-state index in [9.17, 15) is 0 Å². The molecule has 0 fully saturated rings. The summed E-state index contributed by atoms with van der Waals surface area (Å²) in [5, 5.41) is 0. The van der Waals surface area contributed by atoms with Crippen molar-refractivity contribution in [1.29, 1.82) is 0 Å². The first-order chi connectivity index (χ1) is 17.3. The van der Waals surface area contributed by atoms with Crippen LogP contribution in [0.2, 0.25) is 0 Å². The summed E-state index contributed by atoms with van der Waals surface area (Å²) < 4.78 is 0. The third kappa shape index (κ3) is 18.3. The van der Waals surface area contributed by atoms with Gasteiger partial charge in [-0.2, -0.15) is 0 Å². The Balaban J connectivity index is 2.18. The molecule has 1 heterocycles. The number of nitrogens with zero attached hydrogens (tertiary/aromatic N) is 2. The molecule has 1 aliphatic rings. The Morgan fingerprint density at radius 1 is 0.371 bits per heavy atom. The van der Waals surface area contributed by atoms with Crippen LogP contribution in [0.15, 0.2) is 12.4 Å². The van der Waals surface area contributed by atoms with Crippen molar-refractivity contribution in [3.8, 4) is 0 Å². The highest BCUT2D eigenvalue weighted by Gasteiger charge is 2.24. The van der Waals surface area contributed by atoms with Crippen LogP contribution >= 0.6 is 0 Å². The lowest BCUT2D eigenvalue weighted by atomic mass is 10.0. The van der Waals surface area contributed by atoms with Crippen molar-refractivity contribution < 1.29 is 0 Å². The summed E-state index contributed by atoms with van der Waals surface area (Å²) in [6, 6.07) is 0. The number of hydrogen-bond donors (Lipinski definition) is 0. The Morgan fingerprint density at radius 2 is 0.657 bits per heavy atom. The molecule has 0 aromatic rings. The second kappa shape index (κ2) is 25.0. The van der Waals surface area contributed by atoms with Gasteiger partial charge in [-0.05, 0) is 25.7 Å². The minimum Gasteiger partial charge on any atom is -0.356 e. The Hall–Kier alpha value is -0.660. The van der Waals surface area contributed by atoms with Crippen LogP contribution in [0.4, 0.5) is 0 Å². The third-order valence-electron chi connectivity index (χ3n) is 8.07. The van der Waals surface area contributed by atoms with Crippen molar-refractivity contribution in [2.75, 3.05) is 13.1 Å². The molecule has 208 valence electrons. The SMILES string of the molecule is CCCCCCCCCCCCCCCC1N(CCCCCCC)C=CN1CCCCCCCC. The number of unbranched alkanes of at least 4 members (excludes halogenated alkanes) is 21. The van der Waals surface area contributed by atoms with Crippen molar-refractivity contribution in [3.05, 3.63) is 12.4 Å². The van der Waals surface area contributed by atoms with Gasteiger partial charge in [-0.1, -0.05) is 156 Å². The van der Waals surface area contributed by atoms with Crippen LogP contribution in [0.25, 0.3) is 0 Å². The fourth-order valence-electron chi connectivity index (χ4n) is 5.66. The van der Waals surface area contributed by atoms with E-state index < -0.39 is 0 Å². The standard InChI is InChI=1S/C33H66N2/c1-4-7-10-13-15-16-17-18-19-20-21-22-25-28-33-34(29-26-23-12-9-6-3)31-32-35(33)30-27-24-14-11-8-5-2/h31-33H,4-30H2,1-3H3. The maximum absolute atomic E-state index is 2.69. The van der Waals surface area contributed by atoms with Gasteiger partial charge >= 0.3 is 0 Å². The molecular weight excluding hydrogens is 424 g/mol. The Kier molecular flexibility index (Phi) is 23.1. The van der Waals surface area contributed by atoms with Crippen molar-refractivity contribution in [1.82, 2.24) is 9.80 Å². The second-order valence-corrected chi connectivity index (χ2v) is 11.5. The van der Waals surface area contributed by atoms with E-state index in [1.54, 1.807) is 0 Å². The Bertz CT molecular complexity index is 446. The van der Waals surface area contributed by atoms with Crippen LogP contribution in [-0.4, -0.2) is 29.1 Å². The molecule has 0 aromatic heterocycles. The molecule has 1 atom stereocenters. The fraction of sp³-hybridized carbons (Fsp3) is 0.939. The molecule has 0 saturated carbocycles. The first-order valence-electron chi connectivity index (χ1n) is 16.5. The predicted molar refractivity (Wildman–Crippen MR) is 159 cm³/mol. The van der Waals surface area contributed by atoms with Gasteiger partial charge in [-0.3, -0.25) is 0 Å². The minimum absolute atomic E-state index is 0.643. The van der Waals surface area contributed by atoms with E-state index >= 15 is 0 Å². The van der Waals surface area contributed by atoms with Gasteiger partial charge in [0, 0.05) is 25.5 Å². The molecule has 0 amide bonds. The van der Waals surface area contributed by atoms with E-state index in [0.29, 0.717) is 6.17 Å². The zero-order chi connectivity index (χ0) is 25.2. The van der Waals surface area contributed by atoms with Gasteiger partial charge in [-0.25, -0.2) is 0 Å². The Labute approximate surface area is 222 Å². The highest BCUT2D eigenvalue weighted by molar-refractivity contribution is 4.97. The second-order valence-electron chi connectivity index (χ2n) is 11.5. The molecular formula is C33H66N2. The highest BCUT2D eigenvalue weighted by atomic mass is 15.4. The summed E-state index contributed by atoms with van der Waals surface area (Å²) in [4.78, 5) is 5.37. The lowest BCUT2D eigenvalue weighted by molar-refractivity contribution is 0.135. The molecule has 1 unspecified atom stereocenters.